The summed E-state index contributed by atoms with van der Waals surface area (Å²) in [4.78, 5) is 12.3. The van der Waals surface area contributed by atoms with Gasteiger partial charge in [0.15, 0.2) is 5.65 Å². The fourth-order valence-corrected chi connectivity index (χ4v) is 6.39. The third-order valence-corrected chi connectivity index (χ3v) is 9.93. The van der Waals surface area contributed by atoms with Gasteiger partial charge in [-0.15, -0.1) is 0 Å². The number of morpholine rings is 1. The van der Waals surface area contributed by atoms with Crippen LogP contribution in [-0.4, -0.2) is 74.8 Å². The quantitative estimate of drug-likeness (QED) is 0.151. The SMILES string of the molecule is C[Si](C)(C)CCOCn1c(-c2ccc(N3CCOCC3)cc2)nc2c(-c3ccc(OC4CCOCC4)c(C#N)c3)ccnc21. The number of fused-ring (bicyclic) bond motifs is 1. The number of rotatable bonds is 10. The summed E-state index contributed by atoms with van der Waals surface area (Å²) in [6.45, 7) is 12.8. The van der Waals surface area contributed by atoms with Gasteiger partial charge in [-0.25, -0.2) is 9.97 Å². The van der Waals surface area contributed by atoms with Crippen molar-refractivity contribution >= 4 is 24.9 Å². The minimum absolute atomic E-state index is 0.0585. The summed E-state index contributed by atoms with van der Waals surface area (Å²) in [5, 5.41) is 10.0. The van der Waals surface area contributed by atoms with Crippen molar-refractivity contribution in [2.45, 2.75) is 51.4 Å². The maximum absolute atomic E-state index is 10.0. The van der Waals surface area contributed by atoms with Crippen molar-refractivity contribution in [2.75, 3.05) is 51.0 Å². The zero-order valence-corrected chi connectivity index (χ0v) is 26.9. The van der Waals surface area contributed by atoms with Crippen LogP contribution in [0.5, 0.6) is 5.75 Å². The molecule has 0 atom stereocenters. The molecule has 0 unspecified atom stereocenters. The molecule has 0 N–H and O–H groups in total. The van der Waals surface area contributed by atoms with Crippen LogP contribution in [0.2, 0.25) is 25.7 Å². The van der Waals surface area contributed by atoms with E-state index in [0.29, 0.717) is 37.9 Å². The Morgan fingerprint density at radius 1 is 0.955 bits per heavy atom. The number of imidazole rings is 1. The molecule has 0 saturated carbocycles. The largest absolute Gasteiger partial charge is 0.489 e. The number of anilines is 1. The fraction of sp³-hybridized carbons (Fsp3) is 0.441. The molecule has 0 aliphatic carbocycles. The summed E-state index contributed by atoms with van der Waals surface area (Å²) in [6, 6.07) is 19.7. The maximum atomic E-state index is 10.0. The fourth-order valence-electron chi connectivity index (χ4n) is 5.63. The Kier molecular flexibility index (Phi) is 9.28. The van der Waals surface area contributed by atoms with E-state index in [-0.39, 0.29) is 6.10 Å². The lowest BCUT2D eigenvalue weighted by Gasteiger charge is -2.28. The molecule has 4 aromatic rings. The van der Waals surface area contributed by atoms with Crippen molar-refractivity contribution in [1.82, 2.24) is 14.5 Å². The summed E-state index contributed by atoms with van der Waals surface area (Å²) in [7, 11) is -1.24. The Hall–Kier alpha value is -3.75. The van der Waals surface area contributed by atoms with E-state index in [2.05, 4.69) is 59.4 Å². The lowest BCUT2D eigenvalue weighted by Crippen LogP contribution is -2.36. The molecule has 44 heavy (non-hydrogen) atoms. The second-order valence-electron chi connectivity index (χ2n) is 12.6. The molecule has 2 aliphatic rings. The minimum Gasteiger partial charge on any atom is -0.489 e. The van der Waals surface area contributed by atoms with Crippen molar-refractivity contribution in [3.8, 4) is 34.3 Å². The average molecular weight is 612 g/mol. The molecule has 0 amide bonds. The molecule has 0 spiro atoms. The highest BCUT2D eigenvalue weighted by Crippen LogP contribution is 2.34. The van der Waals surface area contributed by atoms with E-state index in [9.17, 15) is 5.26 Å². The predicted molar refractivity (Wildman–Crippen MR) is 175 cm³/mol. The van der Waals surface area contributed by atoms with Crippen molar-refractivity contribution in [1.29, 1.82) is 5.26 Å². The molecule has 2 aromatic heterocycles. The summed E-state index contributed by atoms with van der Waals surface area (Å²) in [5.41, 5.74) is 6.02. The third-order valence-electron chi connectivity index (χ3n) is 8.23. The maximum Gasteiger partial charge on any atom is 0.162 e. The van der Waals surface area contributed by atoms with E-state index in [1.54, 1.807) is 0 Å². The highest BCUT2D eigenvalue weighted by Gasteiger charge is 2.21. The standard InChI is InChI=1S/C34H41N5O4Si/c1-44(2,3)21-20-42-24-39-33(25-4-7-28(8-5-25)38-14-18-41-19-15-38)37-32-30(10-13-36-34(32)39)26-6-9-31(27(22-26)23-35)43-29-11-16-40-17-12-29/h4-10,13,22,29H,11-12,14-21,24H2,1-3H3. The van der Waals surface area contributed by atoms with Crippen molar-refractivity contribution in [3.63, 3.8) is 0 Å². The number of aromatic nitrogens is 3. The van der Waals surface area contributed by atoms with Crippen LogP contribution in [-0.2, 0) is 20.9 Å². The Labute approximate surface area is 260 Å². The highest BCUT2D eigenvalue weighted by atomic mass is 28.3. The number of nitriles is 1. The van der Waals surface area contributed by atoms with Crippen LogP contribution in [0, 0.1) is 11.3 Å². The van der Waals surface area contributed by atoms with Crippen molar-refractivity contribution < 1.29 is 18.9 Å². The smallest absolute Gasteiger partial charge is 0.162 e. The van der Waals surface area contributed by atoms with E-state index < -0.39 is 8.07 Å². The minimum atomic E-state index is -1.24. The number of hydrogen-bond donors (Lipinski definition) is 0. The number of hydrogen-bond acceptors (Lipinski definition) is 8. The normalized spacial score (nSPS) is 16.3. The molecule has 2 aliphatic heterocycles. The van der Waals surface area contributed by atoms with Crippen LogP contribution >= 0.6 is 0 Å². The molecule has 2 aromatic carbocycles. The highest BCUT2D eigenvalue weighted by molar-refractivity contribution is 6.76. The molecule has 6 rings (SSSR count). The van der Waals surface area contributed by atoms with Crippen LogP contribution in [0.3, 0.4) is 0 Å². The second-order valence-corrected chi connectivity index (χ2v) is 18.3. The number of pyridine rings is 1. The Balaban J connectivity index is 1.35. The van der Waals surface area contributed by atoms with Crippen LogP contribution in [0.25, 0.3) is 33.7 Å². The van der Waals surface area contributed by atoms with E-state index in [1.165, 1.54) is 5.69 Å². The molecule has 4 heterocycles. The first-order valence-corrected chi connectivity index (χ1v) is 19.3. The third kappa shape index (κ3) is 6.97. The van der Waals surface area contributed by atoms with Gasteiger partial charge in [0, 0.05) is 63.6 Å². The van der Waals surface area contributed by atoms with Gasteiger partial charge in [-0.1, -0.05) is 25.7 Å². The van der Waals surface area contributed by atoms with E-state index in [0.717, 1.165) is 78.9 Å². The first-order chi connectivity index (χ1) is 21.4. The van der Waals surface area contributed by atoms with Gasteiger partial charge in [0.1, 0.15) is 36.0 Å². The molecule has 9 nitrogen and oxygen atoms in total. The monoisotopic (exact) mass is 611 g/mol. The number of nitrogens with zero attached hydrogens (tertiary/aromatic N) is 5. The van der Waals surface area contributed by atoms with Gasteiger partial charge in [0.2, 0.25) is 0 Å². The summed E-state index contributed by atoms with van der Waals surface area (Å²) in [5.74, 6) is 1.41. The summed E-state index contributed by atoms with van der Waals surface area (Å²) in [6.07, 6.45) is 3.52. The molecule has 10 heteroatoms. The van der Waals surface area contributed by atoms with Gasteiger partial charge in [0.05, 0.1) is 32.0 Å². The molecular weight excluding hydrogens is 570 g/mol. The lowest BCUT2D eigenvalue weighted by molar-refractivity contribution is 0.0254. The molecule has 2 saturated heterocycles. The van der Waals surface area contributed by atoms with Gasteiger partial charge in [0.25, 0.3) is 0 Å². The van der Waals surface area contributed by atoms with Crippen molar-refractivity contribution in [2.24, 2.45) is 0 Å². The zero-order valence-electron chi connectivity index (χ0n) is 25.9. The van der Waals surface area contributed by atoms with E-state index in [1.807, 2.05) is 30.5 Å². The number of ether oxygens (including phenoxy) is 4. The van der Waals surface area contributed by atoms with Gasteiger partial charge < -0.3 is 23.8 Å². The van der Waals surface area contributed by atoms with E-state index in [4.69, 9.17) is 28.9 Å². The number of benzene rings is 2. The van der Waals surface area contributed by atoms with E-state index >= 15 is 0 Å². The van der Waals surface area contributed by atoms with Gasteiger partial charge >= 0.3 is 0 Å². The Morgan fingerprint density at radius 2 is 1.68 bits per heavy atom. The molecule has 0 bridgehead atoms. The Bertz CT molecular complexity index is 1610. The molecule has 0 radical (unpaired) electrons. The van der Waals surface area contributed by atoms with Crippen LogP contribution < -0.4 is 9.64 Å². The van der Waals surface area contributed by atoms with Crippen LogP contribution in [0.15, 0.2) is 54.7 Å². The predicted octanol–water partition coefficient (Wildman–Crippen LogP) is 6.34. The van der Waals surface area contributed by atoms with Gasteiger partial charge in [-0.05, 0) is 54.1 Å². The second kappa shape index (κ2) is 13.5. The Morgan fingerprint density at radius 3 is 2.41 bits per heavy atom. The van der Waals surface area contributed by atoms with Crippen molar-refractivity contribution in [3.05, 3.63) is 60.3 Å². The summed E-state index contributed by atoms with van der Waals surface area (Å²) >= 11 is 0. The van der Waals surface area contributed by atoms with Crippen LogP contribution in [0.1, 0.15) is 18.4 Å². The first kappa shape index (κ1) is 30.3. The average Bonchev–Trinajstić information content (AvgIpc) is 3.42. The van der Waals surface area contributed by atoms with Crippen LogP contribution in [0.4, 0.5) is 5.69 Å². The summed E-state index contributed by atoms with van der Waals surface area (Å²) < 4.78 is 25.5. The topological polar surface area (TPSA) is 94.7 Å². The zero-order chi connectivity index (χ0) is 30.5. The molecule has 230 valence electrons. The molecule has 2 fully saturated rings. The van der Waals surface area contributed by atoms with Gasteiger partial charge in [-0.2, -0.15) is 5.26 Å². The lowest BCUT2D eigenvalue weighted by atomic mass is 10.0. The van der Waals surface area contributed by atoms with Gasteiger partial charge in [-0.3, -0.25) is 4.57 Å². The molecular formula is C34H41N5O4Si. The first-order valence-electron chi connectivity index (χ1n) is 15.5.